The molecule has 0 atom stereocenters. The number of rotatable bonds is 9. The molecule has 28 heavy (non-hydrogen) atoms. The zero-order valence-electron chi connectivity index (χ0n) is 15.6. The van der Waals surface area contributed by atoms with Gasteiger partial charge in [-0.2, -0.15) is 0 Å². The van der Waals surface area contributed by atoms with Gasteiger partial charge in [0.15, 0.2) is 11.0 Å². The van der Waals surface area contributed by atoms with Crippen LogP contribution >= 0.6 is 23.4 Å². The van der Waals surface area contributed by atoms with Crippen molar-refractivity contribution in [2.75, 3.05) is 5.75 Å². The minimum absolute atomic E-state index is 0.0108. The van der Waals surface area contributed by atoms with E-state index in [1.807, 2.05) is 36.4 Å². The van der Waals surface area contributed by atoms with E-state index in [1.54, 1.807) is 24.2 Å². The van der Waals surface area contributed by atoms with Crippen LogP contribution in [-0.2, 0) is 17.9 Å². The summed E-state index contributed by atoms with van der Waals surface area (Å²) in [6.45, 7) is 3.38. The van der Waals surface area contributed by atoms with Crippen molar-refractivity contribution < 1.29 is 4.79 Å². The number of amides is 1. The van der Waals surface area contributed by atoms with Crippen molar-refractivity contribution in [3.63, 3.8) is 0 Å². The Kier molecular flexibility index (Phi) is 7.45. The van der Waals surface area contributed by atoms with E-state index in [0.29, 0.717) is 23.7 Å². The van der Waals surface area contributed by atoms with Gasteiger partial charge in [0.1, 0.15) is 0 Å². The van der Waals surface area contributed by atoms with Gasteiger partial charge < -0.3 is 9.88 Å². The van der Waals surface area contributed by atoms with Gasteiger partial charge in [-0.25, -0.2) is 0 Å². The van der Waals surface area contributed by atoms with Crippen molar-refractivity contribution in [2.24, 2.45) is 0 Å². The number of halogens is 1. The lowest BCUT2D eigenvalue weighted by atomic mass is 10.2. The van der Waals surface area contributed by atoms with Crippen molar-refractivity contribution in [3.8, 4) is 11.4 Å². The van der Waals surface area contributed by atoms with Crippen molar-refractivity contribution in [1.82, 2.24) is 25.1 Å². The number of nitrogens with zero attached hydrogens (tertiary/aromatic N) is 4. The van der Waals surface area contributed by atoms with Crippen molar-refractivity contribution in [1.29, 1.82) is 0 Å². The molecule has 1 amide bonds. The maximum atomic E-state index is 12.1. The van der Waals surface area contributed by atoms with Crippen LogP contribution in [0.25, 0.3) is 11.4 Å². The molecule has 0 aliphatic rings. The largest absolute Gasteiger partial charge is 0.352 e. The molecule has 2 heterocycles. The maximum absolute atomic E-state index is 12.1. The highest BCUT2D eigenvalue weighted by Crippen LogP contribution is 2.24. The molecule has 0 saturated carbocycles. The summed E-state index contributed by atoms with van der Waals surface area (Å²) >= 11 is 7.66. The summed E-state index contributed by atoms with van der Waals surface area (Å²) < 4.78 is 2.10. The molecule has 0 saturated heterocycles. The molecule has 2 aromatic heterocycles. The van der Waals surface area contributed by atoms with Crippen molar-refractivity contribution in [2.45, 2.75) is 38.0 Å². The molecule has 0 fully saturated rings. The third kappa shape index (κ3) is 5.33. The topological polar surface area (TPSA) is 72.7 Å². The first-order valence-electron chi connectivity index (χ1n) is 9.15. The first kappa shape index (κ1) is 20.4. The Morgan fingerprint density at radius 3 is 2.71 bits per heavy atom. The zero-order valence-corrected chi connectivity index (χ0v) is 17.2. The summed E-state index contributed by atoms with van der Waals surface area (Å²) in [6, 6.07) is 11.4. The first-order valence-corrected chi connectivity index (χ1v) is 10.5. The first-order chi connectivity index (χ1) is 13.7. The van der Waals surface area contributed by atoms with Crippen LogP contribution in [-0.4, -0.2) is 31.4 Å². The smallest absolute Gasteiger partial charge is 0.221 e. The van der Waals surface area contributed by atoms with Gasteiger partial charge in [-0.1, -0.05) is 48.5 Å². The number of hydrogen-bond donors (Lipinski definition) is 1. The monoisotopic (exact) mass is 415 g/mol. The van der Waals surface area contributed by atoms with Crippen LogP contribution in [0.4, 0.5) is 0 Å². The lowest BCUT2D eigenvalue weighted by Crippen LogP contribution is -2.23. The molecule has 0 radical (unpaired) electrons. The van der Waals surface area contributed by atoms with Gasteiger partial charge in [0.25, 0.3) is 0 Å². The minimum atomic E-state index is -0.0108. The lowest BCUT2D eigenvalue weighted by molar-refractivity contribution is -0.120. The van der Waals surface area contributed by atoms with Gasteiger partial charge >= 0.3 is 0 Å². The molecule has 3 aromatic rings. The Hall–Kier alpha value is -2.38. The SMILES string of the molecule is CCCn1c(SCCC(=O)NCc2ccccc2Cl)nnc1-c1ccncc1. The van der Waals surface area contributed by atoms with Crippen LogP contribution in [0.1, 0.15) is 25.3 Å². The number of benzene rings is 1. The van der Waals surface area contributed by atoms with Crippen LogP contribution in [0.2, 0.25) is 5.02 Å². The molecule has 0 aliphatic heterocycles. The Morgan fingerprint density at radius 2 is 1.96 bits per heavy atom. The molecular weight excluding hydrogens is 394 g/mol. The Bertz CT molecular complexity index is 916. The fraction of sp³-hybridized carbons (Fsp3) is 0.300. The highest BCUT2D eigenvalue weighted by Gasteiger charge is 2.14. The summed E-state index contributed by atoms with van der Waals surface area (Å²) in [7, 11) is 0. The standard InChI is InChI=1S/C20H22ClN5OS/c1-2-12-26-19(15-7-10-22-11-8-15)24-25-20(26)28-13-9-18(27)23-14-16-5-3-4-6-17(16)21/h3-8,10-11H,2,9,12-14H2,1H3,(H,23,27). The van der Waals surface area contributed by atoms with Gasteiger partial charge in [0.05, 0.1) is 0 Å². The third-order valence-corrected chi connectivity index (χ3v) is 5.43. The van der Waals surface area contributed by atoms with Crippen LogP contribution in [0.15, 0.2) is 53.9 Å². The second-order valence-electron chi connectivity index (χ2n) is 6.16. The second kappa shape index (κ2) is 10.2. The molecule has 0 bridgehead atoms. The average Bonchev–Trinajstić information content (AvgIpc) is 3.11. The van der Waals surface area contributed by atoms with E-state index in [1.165, 1.54) is 0 Å². The van der Waals surface area contributed by atoms with E-state index in [4.69, 9.17) is 11.6 Å². The predicted octanol–water partition coefficient (Wildman–Crippen LogP) is 4.20. The highest BCUT2D eigenvalue weighted by atomic mass is 35.5. The predicted molar refractivity (Wildman–Crippen MR) is 112 cm³/mol. The van der Waals surface area contributed by atoms with E-state index in [0.717, 1.165) is 35.1 Å². The molecule has 3 rings (SSSR count). The number of thioether (sulfide) groups is 1. The quantitative estimate of drug-likeness (QED) is 0.530. The molecule has 0 aliphatic carbocycles. The van der Waals surface area contributed by atoms with E-state index in [2.05, 4.69) is 32.0 Å². The summed E-state index contributed by atoms with van der Waals surface area (Å²) in [6.07, 6.45) is 4.87. The fourth-order valence-electron chi connectivity index (χ4n) is 2.69. The normalized spacial score (nSPS) is 10.8. The highest BCUT2D eigenvalue weighted by molar-refractivity contribution is 7.99. The molecule has 8 heteroatoms. The Labute approximate surface area is 173 Å². The lowest BCUT2D eigenvalue weighted by Gasteiger charge is -2.09. The van der Waals surface area contributed by atoms with E-state index in [-0.39, 0.29) is 5.91 Å². The molecule has 146 valence electrons. The van der Waals surface area contributed by atoms with Crippen molar-refractivity contribution in [3.05, 3.63) is 59.4 Å². The number of carbonyl (C=O) groups excluding carboxylic acids is 1. The summed E-state index contributed by atoms with van der Waals surface area (Å²) in [4.78, 5) is 16.2. The molecule has 1 aromatic carbocycles. The van der Waals surface area contributed by atoms with Crippen LogP contribution < -0.4 is 5.32 Å². The number of carbonyl (C=O) groups is 1. The van der Waals surface area contributed by atoms with Crippen molar-refractivity contribution >= 4 is 29.3 Å². The minimum Gasteiger partial charge on any atom is -0.352 e. The number of pyridine rings is 1. The summed E-state index contributed by atoms with van der Waals surface area (Å²) in [5, 5.41) is 13.1. The summed E-state index contributed by atoms with van der Waals surface area (Å²) in [5.41, 5.74) is 1.90. The zero-order chi connectivity index (χ0) is 19.8. The third-order valence-electron chi connectivity index (χ3n) is 4.10. The van der Waals surface area contributed by atoms with E-state index >= 15 is 0 Å². The van der Waals surface area contributed by atoms with Gasteiger partial charge in [0, 0.05) is 48.2 Å². The van der Waals surface area contributed by atoms with Gasteiger partial charge in [-0.15, -0.1) is 10.2 Å². The summed E-state index contributed by atoms with van der Waals surface area (Å²) in [5.74, 6) is 1.45. The Morgan fingerprint density at radius 1 is 1.18 bits per heavy atom. The van der Waals surface area contributed by atoms with Crippen LogP contribution in [0.5, 0.6) is 0 Å². The second-order valence-corrected chi connectivity index (χ2v) is 7.63. The molecule has 0 spiro atoms. The van der Waals surface area contributed by atoms with Gasteiger partial charge in [-0.05, 0) is 30.2 Å². The fourth-order valence-corrected chi connectivity index (χ4v) is 3.80. The Balaban J connectivity index is 1.55. The average molecular weight is 416 g/mol. The number of aromatic nitrogens is 4. The van der Waals surface area contributed by atoms with Crippen LogP contribution in [0.3, 0.4) is 0 Å². The number of hydrogen-bond acceptors (Lipinski definition) is 5. The van der Waals surface area contributed by atoms with E-state index in [9.17, 15) is 4.79 Å². The number of nitrogens with one attached hydrogen (secondary N) is 1. The molecular formula is C20H22ClN5OS. The van der Waals surface area contributed by atoms with Gasteiger partial charge in [0.2, 0.25) is 5.91 Å². The van der Waals surface area contributed by atoms with E-state index < -0.39 is 0 Å². The molecule has 0 unspecified atom stereocenters. The molecule has 1 N–H and O–H groups in total. The molecule has 6 nitrogen and oxygen atoms in total. The van der Waals surface area contributed by atoms with Crippen LogP contribution in [0, 0.1) is 0 Å². The van der Waals surface area contributed by atoms with Gasteiger partial charge in [-0.3, -0.25) is 9.78 Å². The maximum Gasteiger partial charge on any atom is 0.221 e.